The highest BCUT2D eigenvalue weighted by atomic mass is 16.1. The molecule has 0 radical (unpaired) electrons. The minimum atomic E-state index is -0.418. The van der Waals surface area contributed by atoms with Crippen LogP contribution in [0.15, 0.2) is 84.1 Å². The van der Waals surface area contributed by atoms with E-state index < -0.39 is 5.91 Å². The molecular formula is C22H19N3O. The summed E-state index contributed by atoms with van der Waals surface area (Å²) in [5.74, 6) is -0.418. The predicted octanol–water partition coefficient (Wildman–Crippen LogP) is 4.51. The average molecular weight is 341 g/mol. The van der Waals surface area contributed by atoms with Crippen LogP contribution in [0.1, 0.15) is 12.5 Å². The molecule has 2 aromatic rings. The monoisotopic (exact) mass is 341 g/mol. The van der Waals surface area contributed by atoms with E-state index in [-0.39, 0.29) is 5.57 Å². The number of hydrogen-bond acceptors (Lipinski definition) is 3. The molecule has 3 rings (SSSR count). The third-order valence-electron chi connectivity index (χ3n) is 4.11. The summed E-state index contributed by atoms with van der Waals surface area (Å²) >= 11 is 0. The third kappa shape index (κ3) is 3.73. The Balaban J connectivity index is 1.84. The molecule has 0 saturated carbocycles. The first-order valence-corrected chi connectivity index (χ1v) is 8.46. The molecule has 1 N–H and O–H groups in total. The first-order valence-electron chi connectivity index (χ1n) is 8.46. The molecule has 4 heteroatoms. The lowest BCUT2D eigenvalue weighted by molar-refractivity contribution is -0.112. The van der Waals surface area contributed by atoms with Gasteiger partial charge in [-0.25, -0.2) is 0 Å². The number of nitrogens with one attached hydrogen (secondary N) is 1. The van der Waals surface area contributed by atoms with Gasteiger partial charge in [0.25, 0.3) is 5.91 Å². The van der Waals surface area contributed by atoms with E-state index in [1.54, 1.807) is 24.3 Å². The van der Waals surface area contributed by atoms with Crippen LogP contribution in [-0.2, 0) is 4.79 Å². The zero-order chi connectivity index (χ0) is 18.4. The fourth-order valence-corrected chi connectivity index (χ4v) is 2.83. The van der Waals surface area contributed by atoms with Gasteiger partial charge in [-0.15, -0.1) is 0 Å². The van der Waals surface area contributed by atoms with Crippen LogP contribution in [0, 0.1) is 11.3 Å². The summed E-state index contributed by atoms with van der Waals surface area (Å²) in [6.07, 6.45) is 7.40. The first-order chi connectivity index (χ1) is 12.7. The van der Waals surface area contributed by atoms with Crippen LogP contribution in [0.2, 0.25) is 0 Å². The molecule has 26 heavy (non-hydrogen) atoms. The second-order valence-electron chi connectivity index (χ2n) is 5.74. The Morgan fingerprint density at radius 1 is 1.12 bits per heavy atom. The summed E-state index contributed by atoms with van der Waals surface area (Å²) in [6.45, 7) is 2.86. The van der Waals surface area contributed by atoms with Crippen molar-refractivity contribution in [2.24, 2.45) is 0 Å². The summed E-state index contributed by atoms with van der Waals surface area (Å²) in [7, 11) is 0. The van der Waals surface area contributed by atoms with Gasteiger partial charge in [0.1, 0.15) is 11.6 Å². The van der Waals surface area contributed by atoms with E-state index in [2.05, 4.69) is 29.3 Å². The second-order valence-corrected chi connectivity index (χ2v) is 5.74. The largest absolute Gasteiger partial charge is 0.341 e. The second kappa shape index (κ2) is 8.00. The molecule has 1 amide bonds. The highest BCUT2D eigenvalue weighted by Crippen LogP contribution is 2.30. The molecule has 0 aliphatic carbocycles. The highest BCUT2D eigenvalue weighted by Gasteiger charge is 2.15. The Bertz CT molecular complexity index is 933. The number of likely N-dealkylation sites (N-methyl/N-ethyl adjacent to an activating group) is 1. The van der Waals surface area contributed by atoms with Gasteiger partial charge in [0, 0.05) is 23.6 Å². The number of nitriles is 1. The molecule has 4 nitrogen and oxygen atoms in total. The molecule has 0 bridgehead atoms. The number of carbonyl (C=O) groups excluding carboxylic acids is 1. The van der Waals surface area contributed by atoms with Crippen molar-refractivity contribution >= 4 is 23.4 Å². The SMILES string of the molecule is CCN1/C(=C\C=C(/C#N)C(=O)Nc2ccccc2)C=Cc2ccccc21. The van der Waals surface area contributed by atoms with E-state index in [1.807, 2.05) is 48.6 Å². The summed E-state index contributed by atoms with van der Waals surface area (Å²) in [5.41, 5.74) is 3.92. The number of nitrogens with zero attached hydrogens (tertiary/aromatic N) is 2. The van der Waals surface area contributed by atoms with Crippen molar-refractivity contribution in [1.82, 2.24) is 0 Å². The van der Waals surface area contributed by atoms with Gasteiger partial charge in [-0.1, -0.05) is 42.5 Å². The summed E-state index contributed by atoms with van der Waals surface area (Å²) < 4.78 is 0. The number of para-hydroxylation sites is 2. The van der Waals surface area contributed by atoms with Gasteiger partial charge in [0.05, 0.1) is 0 Å². The summed E-state index contributed by atoms with van der Waals surface area (Å²) in [5, 5.41) is 12.1. The number of rotatable bonds is 4. The molecule has 0 atom stereocenters. The Hall–Kier alpha value is -3.58. The number of carbonyl (C=O) groups is 1. The smallest absolute Gasteiger partial charge is 0.266 e. The minimum Gasteiger partial charge on any atom is -0.341 e. The fraction of sp³-hybridized carbons (Fsp3) is 0.0909. The molecule has 0 aromatic heterocycles. The molecule has 1 heterocycles. The zero-order valence-electron chi connectivity index (χ0n) is 14.5. The lowest BCUT2D eigenvalue weighted by Crippen LogP contribution is -2.23. The Morgan fingerprint density at radius 2 is 1.85 bits per heavy atom. The number of fused-ring (bicyclic) bond motifs is 1. The summed E-state index contributed by atoms with van der Waals surface area (Å²) in [4.78, 5) is 14.5. The van der Waals surface area contributed by atoms with Crippen LogP contribution in [0.25, 0.3) is 6.08 Å². The van der Waals surface area contributed by atoms with Gasteiger partial charge >= 0.3 is 0 Å². The lowest BCUT2D eigenvalue weighted by Gasteiger charge is -2.29. The van der Waals surface area contributed by atoms with Crippen molar-refractivity contribution in [3.8, 4) is 6.07 Å². The maximum atomic E-state index is 12.3. The van der Waals surface area contributed by atoms with Gasteiger partial charge in [-0.3, -0.25) is 4.79 Å². The maximum absolute atomic E-state index is 12.3. The average Bonchev–Trinajstić information content (AvgIpc) is 2.68. The summed E-state index contributed by atoms with van der Waals surface area (Å²) in [6, 6.07) is 19.2. The quantitative estimate of drug-likeness (QED) is 0.657. The topological polar surface area (TPSA) is 56.1 Å². The molecule has 128 valence electrons. The first kappa shape index (κ1) is 17.2. The van der Waals surface area contributed by atoms with Crippen molar-refractivity contribution in [3.05, 3.63) is 89.7 Å². The van der Waals surface area contributed by atoms with Gasteiger partial charge < -0.3 is 10.2 Å². The molecule has 0 unspecified atom stereocenters. The van der Waals surface area contributed by atoms with Gasteiger partial charge in [0.2, 0.25) is 0 Å². The standard InChI is InChI=1S/C22H19N3O/c1-2-25-20(14-12-17-8-6-7-11-21(17)25)15-13-18(16-23)22(26)24-19-9-4-3-5-10-19/h3-15H,2H2,1H3,(H,24,26)/b18-13+,20-15-. The van der Waals surface area contributed by atoms with E-state index in [1.165, 1.54) is 0 Å². The number of amides is 1. The number of hydrogen-bond donors (Lipinski definition) is 1. The van der Waals surface area contributed by atoms with Crippen molar-refractivity contribution in [2.75, 3.05) is 16.8 Å². The molecule has 0 saturated heterocycles. The minimum absolute atomic E-state index is 0.0599. The van der Waals surface area contributed by atoms with Crippen LogP contribution in [0.4, 0.5) is 11.4 Å². The van der Waals surface area contributed by atoms with Crippen LogP contribution in [0.3, 0.4) is 0 Å². The van der Waals surface area contributed by atoms with Gasteiger partial charge in [-0.05, 0) is 48.9 Å². The van der Waals surface area contributed by atoms with Crippen LogP contribution < -0.4 is 10.2 Å². The normalized spacial score (nSPS) is 14.7. The molecule has 0 spiro atoms. The van der Waals surface area contributed by atoms with E-state index in [4.69, 9.17) is 0 Å². The Morgan fingerprint density at radius 3 is 2.58 bits per heavy atom. The number of allylic oxidation sites excluding steroid dienone is 3. The van der Waals surface area contributed by atoms with Crippen molar-refractivity contribution in [2.45, 2.75) is 6.92 Å². The Labute approximate surface area is 153 Å². The predicted molar refractivity (Wildman–Crippen MR) is 105 cm³/mol. The lowest BCUT2D eigenvalue weighted by atomic mass is 10.1. The van der Waals surface area contributed by atoms with Crippen molar-refractivity contribution in [3.63, 3.8) is 0 Å². The fourth-order valence-electron chi connectivity index (χ4n) is 2.83. The molecular weight excluding hydrogens is 322 g/mol. The third-order valence-corrected chi connectivity index (χ3v) is 4.11. The van der Waals surface area contributed by atoms with E-state index in [0.29, 0.717) is 5.69 Å². The van der Waals surface area contributed by atoms with E-state index >= 15 is 0 Å². The molecule has 1 aliphatic rings. The zero-order valence-corrected chi connectivity index (χ0v) is 14.5. The Kier molecular flexibility index (Phi) is 5.31. The van der Waals surface area contributed by atoms with Crippen LogP contribution in [-0.4, -0.2) is 12.5 Å². The van der Waals surface area contributed by atoms with Crippen LogP contribution >= 0.6 is 0 Å². The highest BCUT2D eigenvalue weighted by molar-refractivity contribution is 6.06. The number of anilines is 2. The van der Waals surface area contributed by atoms with E-state index in [0.717, 1.165) is 23.5 Å². The molecule has 0 fully saturated rings. The van der Waals surface area contributed by atoms with Crippen molar-refractivity contribution in [1.29, 1.82) is 5.26 Å². The molecule has 1 aliphatic heterocycles. The van der Waals surface area contributed by atoms with Gasteiger partial charge in [0.15, 0.2) is 0 Å². The number of benzene rings is 2. The van der Waals surface area contributed by atoms with E-state index in [9.17, 15) is 10.1 Å². The van der Waals surface area contributed by atoms with Crippen LogP contribution in [0.5, 0.6) is 0 Å². The van der Waals surface area contributed by atoms with Gasteiger partial charge in [-0.2, -0.15) is 5.26 Å². The maximum Gasteiger partial charge on any atom is 0.266 e. The van der Waals surface area contributed by atoms with Crippen molar-refractivity contribution < 1.29 is 4.79 Å². The molecule has 2 aromatic carbocycles.